The van der Waals surface area contributed by atoms with E-state index in [9.17, 15) is 9.59 Å². The summed E-state index contributed by atoms with van der Waals surface area (Å²) in [5, 5.41) is 0. The number of ether oxygens (including phenoxy) is 2. The van der Waals surface area contributed by atoms with Gasteiger partial charge in [0.2, 0.25) is 0 Å². The van der Waals surface area contributed by atoms with E-state index in [1.54, 1.807) is 24.3 Å². The minimum Gasteiger partial charge on any atom is -0.462 e. The van der Waals surface area contributed by atoms with Crippen LogP contribution < -0.4 is 0 Å². The third-order valence-corrected chi connectivity index (χ3v) is 4.32. The Morgan fingerprint density at radius 2 is 0.962 bits per heavy atom. The molecule has 0 aromatic heterocycles. The van der Waals surface area contributed by atoms with Crippen molar-refractivity contribution in [1.29, 1.82) is 0 Å². The monoisotopic (exact) mass is 362 g/mol. The van der Waals surface area contributed by atoms with Crippen molar-refractivity contribution in [2.75, 3.05) is 13.2 Å². The maximum Gasteiger partial charge on any atom is 0.338 e. The van der Waals surface area contributed by atoms with Crippen LogP contribution in [0.25, 0.3) is 0 Å². The summed E-state index contributed by atoms with van der Waals surface area (Å²) < 4.78 is 10.5. The van der Waals surface area contributed by atoms with Gasteiger partial charge in [0.05, 0.1) is 24.3 Å². The lowest BCUT2D eigenvalue weighted by Gasteiger charge is -2.07. The molecule has 0 aliphatic heterocycles. The molecule has 4 heteroatoms. The van der Waals surface area contributed by atoms with Crippen molar-refractivity contribution in [3.05, 3.63) is 35.4 Å². The summed E-state index contributed by atoms with van der Waals surface area (Å²) in [4.78, 5) is 23.9. The largest absolute Gasteiger partial charge is 0.462 e. The van der Waals surface area contributed by atoms with Crippen molar-refractivity contribution in [3.8, 4) is 0 Å². The standard InChI is InChI=1S/C22H34O4/c1-3-5-7-9-10-12-18-26-22(24)20-15-13-19(14-16-20)21(23)25-17-11-8-6-4-2/h13-16H,3-12,17-18H2,1-2H3. The van der Waals surface area contributed by atoms with Gasteiger partial charge < -0.3 is 9.47 Å². The van der Waals surface area contributed by atoms with Gasteiger partial charge in [-0.2, -0.15) is 0 Å². The number of rotatable bonds is 14. The number of unbranched alkanes of at least 4 members (excludes halogenated alkanes) is 8. The van der Waals surface area contributed by atoms with Crippen LogP contribution in [-0.4, -0.2) is 25.2 Å². The predicted molar refractivity (Wildman–Crippen MR) is 105 cm³/mol. The van der Waals surface area contributed by atoms with Crippen LogP contribution in [0, 0.1) is 0 Å². The SMILES string of the molecule is CCCCCCCCOC(=O)c1ccc(C(=O)OCCCCCC)cc1. The third kappa shape index (κ3) is 9.59. The number of esters is 2. The summed E-state index contributed by atoms with van der Waals surface area (Å²) in [5.74, 6) is -0.675. The van der Waals surface area contributed by atoms with Crippen molar-refractivity contribution in [1.82, 2.24) is 0 Å². The molecule has 0 saturated heterocycles. The molecular weight excluding hydrogens is 328 g/mol. The third-order valence-electron chi connectivity index (χ3n) is 4.32. The van der Waals surface area contributed by atoms with Gasteiger partial charge in [0.25, 0.3) is 0 Å². The van der Waals surface area contributed by atoms with E-state index in [4.69, 9.17) is 9.47 Å². The summed E-state index contributed by atoms with van der Waals surface area (Å²) in [6.07, 6.45) is 11.2. The second-order valence-corrected chi connectivity index (χ2v) is 6.68. The molecule has 0 heterocycles. The molecule has 1 rings (SSSR count). The smallest absolute Gasteiger partial charge is 0.338 e. The number of hydrogen-bond acceptors (Lipinski definition) is 4. The Bertz CT molecular complexity index is 507. The van der Waals surface area contributed by atoms with Gasteiger partial charge in [-0.3, -0.25) is 0 Å². The Labute approximate surface area is 158 Å². The van der Waals surface area contributed by atoms with Crippen LogP contribution in [0.3, 0.4) is 0 Å². The summed E-state index contributed by atoms with van der Waals surface area (Å²) in [6, 6.07) is 6.49. The van der Waals surface area contributed by atoms with E-state index < -0.39 is 0 Å². The Kier molecular flexibility index (Phi) is 12.2. The first kappa shape index (κ1) is 22.2. The molecule has 146 valence electrons. The lowest BCUT2D eigenvalue weighted by atomic mass is 10.1. The number of carbonyl (C=O) groups is 2. The van der Waals surface area contributed by atoms with Crippen LogP contribution in [0.4, 0.5) is 0 Å². The van der Waals surface area contributed by atoms with Crippen molar-refractivity contribution < 1.29 is 19.1 Å². The molecule has 1 aromatic carbocycles. The Balaban J connectivity index is 2.25. The van der Waals surface area contributed by atoms with Crippen LogP contribution in [0.1, 0.15) is 98.8 Å². The minimum absolute atomic E-state index is 0.335. The molecule has 0 spiro atoms. The lowest BCUT2D eigenvalue weighted by Crippen LogP contribution is -2.09. The fourth-order valence-electron chi connectivity index (χ4n) is 2.65. The van der Waals surface area contributed by atoms with Gasteiger partial charge in [0.1, 0.15) is 0 Å². The van der Waals surface area contributed by atoms with Crippen LogP contribution in [0.2, 0.25) is 0 Å². The van der Waals surface area contributed by atoms with Crippen LogP contribution in [0.15, 0.2) is 24.3 Å². The van der Waals surface area contributed by atoms with Crippen molar-refractivity contribution in [2.45, 2.75) is 78.1 Å². The first-order valence-corrected chi connectivity index (χ1v) is 10.1. The molecule has 26 heavy (non-hydrogen) atoms. The first-order valence-electron chi connectivity index (χ1n) is 10.1. The predicted octanol–water partition coefficient (Wildman–Crippen LogP) is 5.94. The lowest BCUT2D eigenvalue weighted by molar-refractivity contribution is 0.0483. The topological polar surface area (TPSA) is 52.6 Å². The highest BCUT2D eigenvalue weighted by Crippen LogP contribution is 2.10. The Hall–Kier alpha value is -1.84. The highest BCUT2D eigenvalue weighted by atomic mass is 16.5. The zero-order valence-electron chi connectivity index (χ0n) is 16.4. The number of benzene rings is 1. The average Bonchev–Trinajstić information content (AvgIpc) is 2.67. The van der Waals surface area contributed by atoms with Crippen molar-refractivity contribution >= 4 is 11.9 Å². The van der Waals surface area contributed by atoms with E-state index in [-0.39, 0.29) is 11.9 Å². The molecule has 0 aliphatic carbocycles. The van der Waals surface area contributed by atoms with E-state index >= 15 is 0 Å². The number of carbonyl (C=O) groups excluding carboxylic acids is 2. The number of hydrogen-bond donors (Lipinski definition) is 0. The van der Waals surface area contributed by atoms with Crippen molar-refractivity contribution in [2.24, 2.45) is 0 Å². The molecule has 0 amide bonds. The fraction of sp³-hybridized carbons (Fsp3) is 0.636. The molecule has 0 saturated carbocycles. The molecule has 4 nitrogen and oxygen atoms in total. The average molecular weight is 363 g/mol. The summed E-state index contributed by atoms with van der Waals surface area (Å²) in [5.41, 5.74) is 0.934. The van der Waals surface area contributed by atoms with Gasteiger partial charge in [-0.15, -0.1) is 0 Å². The van der Waals surface area contributed by atoms with E-state index in [1.165, 1.54) is 25.7 Å². The van der Waals surface area contributed by atoms with Gasteiger partial charge in [0, 0.05) is 0 Å². The quantitative estimate of drug-likeness (QED) is 0.303. The van der Waals surface area contributed by atoms with Gasteiger partial charge in [-0.1, -0.05) is 65.2 Å². The molecule has 0 radical (unpaired) electrons. The van der Waals surface area contributed by atoms with E-state index in [0.29, 0.717) is 24.3 Å². The van der Waals surface area contributed by atoms with Crippen LogP contribution >= 0.6 is 0 Å². The normalized spacial score (nSPS) is 10.5. The summed E-state index contributed by atoms with van der Waals surface area (Å²) in [7, 11) is 0. The molecule has 0 atom stereocenters. The zero-order chi connectivity index (χ0) is 19.0. The van der Waals surface area contributed by atoms with Crippen LogP contribution in [-0.2, 0) is 9.47 Å². The molecular formula is C22H34O4. The zero-order valence-corrected chi connectivity index (χ0v) is 16.4. The maximum absolute atomic E-state index is 12.0. The molecule has 1 aromatic rings. The molecule has 0 unspecified atom stereocenters. The Morgan fingerprint density at radius 3 is 1.38 bits per heavy atom. The molecule has 0 bridgehead atoms. The second kappa shape index (κ2) is 14.3. The first-order chi connectivity index (χ1) is 12.7. The highest BCUT2D eigenvalue weighted by Gasteiger charge is 2.10. The van der Waals surface area contributed by atoms with Gasteiger partial charge in [-0.05, 0) is 37.1 Å². The van der Waals surface area contributed by atoms with E-state index in [1.807, 2.05) is 0 Å². The van der Waals surface area contributed by atoms with E-state index in [2.05, 4.69) is 13.8 Å². The van der Waals surface area contributed by atoms with Crippen molar-refractivity contribution in [3.63, 3.8) is 0 Å². The minimum atomic E-state index is -0.339. The van der Waals surface area contributed by atoms with Gasteiger partial charge >= 0.3 is 11.9 Å². The Morgan fingerprint density at radius 1 is 0.615 bits per heavy atom. The highest BCUT2D eigenvalue weighted by molar-refractivity contribution is 5.93. The summed E-state index contributed by atoms with van der Waals surface area (Å²) in [6.45, 7) is 5.24. The second-order valence-electron chi connectivity index (χ2n) is 6.68. The van der Waals surface area contributed by atoms with Gasteiger partial charge in [-0.25, -0.2) is 9.59 Å². The molecule has 0 fully saturated rings. The molecule has 0 aliphatic rings. The van der Waals surface area contributed by atoms with E-state index in [0.717, 1.165) is 38.5 Å². The fourth-order valence-corrected chi connectivity index (χ4v) is 2.65. The maximum atomic E-state index is 12.0. The van der Waals surface area contributed by atoms with Crippen LogP contribution in [0.5, 0.6) is 0 Å². The summed E-state index contributed by atoms with van der Waals surface area (Å²) >= 11 is 0. The molecule has 0 N–H and O–H groups in total. The van der Waals surface area contributed by atoms with Gasteiger partial charge in [0.15, 0.2) is 0 Å².